The van der Waals surface area contributed by atoms with Crippen molar-refractivity contribution in [3.63, 3.8) is 0 Å². The van der Waals surface area contributed by atoms with E-state index in [0.717, 1.165) is 5.56 Å². The molecule has 2 aromatic rings. The van der Waals surface area contributed by atoms with E-state index < -0.39 is 6.04 Å². The average Bonchev–Trinajstić information content (AvgIpc) is 2.66. The second kappa shape index (κ2) is 11.1. The standard InChI is InChI=1S/C19H22N2O4.ClH/c1-24-17(22)8-5-13-25-16-11-9-15(10-12-16)21-19(23)18(20)14-6-3-2-4-7-14;/h2-4,6-7,9-12,18H,5,8,13,20H2,1H3,(H,21,23);1H. The SMILES string of the molecule is COC(=O)CCCOc1ccc(NC(=O)C(N)c2ccccc2)cc1.Cl. The number of carbonyl (C=O) groups excluding carboxylic acids is 2. The van der Waals surface area contributed by atoms with Crippen molar-refractivity contribution in [2.45, 2.75) is 18.9 Å². The van der Waals surface area contributed by atoms with Gasteiger partial charge in [-0.25, -0.2) is 0 Å². The van der Waals surface area contributed by atoms with Gasteiger partial charge in [0.05, 0.1) is 13.7 Å². The Labute approximate surface area is 159 Å². The number of nitrogens with one attached hydrogen (secondary N) is 1. The molecule has 0 saturated heterocycles. The quantitative estimate of drug-likeness (QED) is 0.544. The summed E-state index contributed by atoms with van der Waals surface area (Å²) in [6, 6.07) is 15.4. The fourth-order valence-corrected chi connectivity index (χ4v) is 2.17. The molecule has 0 aliphatic heterocycles. The van der Waals surface area contributed by atoms with E-state index >= 15 is 0 Å². The zero-order chi connectivity index (χ0) is 18.1. The number of benzene rings is 2. The van der Waals surface area contributed by atoms with Gasteiger partial charge in [-0.05, 0) is 36.2 Å². The van der Waals surface area contributed by atoms with Crippen molar-refractivity contribution in [2.75, 3.05) is 19.0 Å². The average molecular weight is 379 g/mol. The Morgan fingerprint density at radius 1 is 1.08 bits per heavy atom. The van der Waals surface area contributed by atoms with Crippen LogP contribution in [0.5, 0.6) is 5.75 Å². The molecular weight excluding hydrogens is 356 g/mol. The molecule has 140 valence electrons. The molecule has 2 rings (SSSR count). The lowest BCUT2D eigenvalue weighted by molar-refractivity contribution is -0.140. The van der Waals surface area contributed by atoms with E-state index in [4.69, 9.17) is 10.5 Å². The van der Waals surface area contributed by atoms with Gasteiger partial charge in [0.2, 0.25) is 5.91 Å². The van der Waals surface area contributed by atoms with Crippen molar-refractivity contribution in [2.24, 2.45) is 5.73 Å². The van der Waals surface area contributed by atoms with Gasteiger partial charge in [-0.3, -0.25) is 9.59 Å². The van der Waals surface area contributed by atoms with Gasteiger partial charge in [-0.1, -0.05) is 30.3 Å². The van der Waals surface area contributed by atoms with E-state index in [1.807, 2.05) is 30.3 Å². The molecule has 0 spiro atoms. The number of ether oxygens (including phenoxy) is 2. The number of carbonyl (C=O) groups is 2. The molecule has 1 amide bonds. The van der Waals surface area contributed by atoms with Crippen molar-refractivity contribution in [3.8, 4) is 5.75 Å². The summed E-state index contributed by atoms with van der Waals surface area (Å²) in [6.45, 7) is 0.416. The molecule has 26 heavy (non-hydrogen) atoms. The summed E-state index contributed by atoms with van der Waals surface area (Å²) in [5.74, 6) is 0.129. The summed E-state index contributed by atoms with van der Waals surface area (Å²) >= 11 is 0. The molecule has 6 nitrogen and oxygen atoms in total. The Kier molecular flexibility index (Phi) is 9.19. The van der Waals surface area contributed by atoms with Crippen LogP contribution in [0.3, 0.4) is 0 Å². The van der Waals surface area contributed by atoms with Gasteiger partial charge in [-0.2, -0.15) is 0 Å². The maximum Gasteiger partial charge on any atom is 0.305 e. The van der Waals surface area contributed by atoms with Crippen LogP contribution in [0.1, 0.15) is 24.4 Å². The third kappa shape index (κ3) is 6.74. The van der Waals surface area contributed by atoms with Gasteiger partial charge in [0.25, 0.3) is 0 Å². The first-order valence-corrected chi connectivity index (χ1v) is 8.01. The molecule has 0 radical (unpaired) electrons. The minimum absolute atomic E-state index is 0. The maximum atomic E-state index is 12.2. The first-order chi connectivity index (χ1) is 12.1. The second-order valence-corrected chi connectivity index (χ2v) is 5.43. The molecule has 0 aromatic heterocycles. The largest absolute Gasteiger partial charge is 0.494 e. The van der Waals surface area contributed by atoms with Gasteiger partial charge in [0, 0.05) is 12.1 Å². The number of rotatable bonds is 8. The van der Waals surface area contributed by atoms with Crippen LogP contribution in [0, 0.1) is 0 Å². The Morgan fingerprint density at radius 3 is 2.35 bits per heavy atom. The van der Waals surface area contributed by atoms with Crippen molar-refractivity contribution in [1.82, 2.24) is 0 Å². The molecule has 0 bridgehead atoms. The lowest BCUT2D eigenvalue weighted by Crippen LogP contribution is -2.27. The molecule has 0 aliphatic rings. The molecule has 3 N–H and O–H groups in total. The predicted octanol–water partition coefficient (Wildman–Crippen LogP) is 3.08. The fourth-order valence-electron chi connectivity index (χ4n) is 2.17. The van der Waals surface area contributed by atoms with Crippen LogP contribution >= 0.6 is 12.4 Å². The minimum Gasteiger partial charge on any atom is -0.494 e. The summed E-state index contributed by atoms with van der Waals surface area (Å²) in [6.07, 6.45) is 0.902. The Balaban J connectivity index is 0.00000338. The van der Waals surface area contributed by atoms with Crippen molar-refractivity contribution in [1.29, 1.82) is 0 Å². The first kappa shape index (κ1) is 21.5. The smallest absolute Gasteiger partial charge is 0.305 e. The number of hydrogen-bond acceptors (Lipinski definition) is 5. The Hall–Kier alpha value is -2.57. The first-order valence-electron chi connectivity index (χ1n) is 8.01. The van der Waals surface area contributed by atoms with Crippen molar-refractivity contribution < 1.29 is 19.1 Å². The fraction of sp³-hybridized carbons (Fsp3) is 0.263. The van der Waals surface area contributed by atoms with E-state index in [-0.39, 0.29) is 24.3 Å². The molecule has 0 heterocycles. The lowest BCUT2D eigenvalue weighted by Gasteiger charge is -2.13. The highest BCUT2D eigenvalue weighted by atomic mass is 35.5. The van der Waals surface area contributed by atoms with Crippen LogP contribution < -0.4 is 15.8 Å². The van der Waals surface area contributed by atoms with Gasteiger partial charge < -0.3 is 20.5 Å². The normalized spacial score (nSPS) is 11.0. The Bertz CT molecular complexity index is 692. The summed E-state index contributed by atoms with van der Waals surface area (Å²) in [4.78, 5) is 23.2. The number of hydrogen-bond donors (Lipinski definition) is 2. The van der Waals surface area contributed by atoms with E-state index in [9.17, 15) is 9.59 Å². The molecule has 2 aromatic carbocycles. The van der Waals surface area contributed by atoms with Gasteiger partial charge >= 0.3 is 5.97 Å². The lowest BCUT2D eigenvalue weighted by atomic mass is 10.1. The number of esters is 1. The van der Waals surface area contributed by atoms with Crippen molar-refractivity contribution in [3.05, 3.63) is 60.2 Å². The number of halogens is 1. The van der Waals surface area contributed by atoms with Crippen LogP contribution in [-0.4, -0.2) is 25.6 Å². The molecule has 0 aliphatic carbocycles. The van der Waals surface area contributed by atoms with E-state index in [2.05, 4.69) is 10.1 Å². The van der Waals surface area contributed by atoms with Gasteiger partial charge in [0.15, 0.2) is 0 Å². The van der Waals surface area contributed by atoms with E-state index in [0.29, 0.717) is 30.9 Å². The van der Waals surface area contributed by atoms with Gasteiger partial charge in [0.1, 0.15) is 11.8 Å². The molecule has 0 fully saturated rings. The Morgan fingerprint density at radius 2 is 1.73 bits per heavy atom. The van der Waals surface area contributed by atoms with Gasteiger partial charge in [-0.15, -0.1) is 12.4 Å². The number of nitrogens with two attached hydrogens (primary N) is 1. The highest BCUT2D eigenvalue weighted by Crippen LogP contribution is 2.18. The zero-order valence-electron chi connectivity index (χ0n) is 14.5. The molecule has 0 saturated carbocycles. The van der Waals surface area contributed by atoms with Crippen LogP contribution in [0.15, 0.2) is 54.6 Å². The van der Waals surface area contributed by atoms with E-state index in [1.165, 1.54) is 7.11 Å². The third-order valence-electron chi connectivity index (χ3n) is 3.58. The molecular formula is C19H23ClN2O4. The maximum absolute atomic E-state index is 12.2. The summed E-state index contributed by atoms with van der Waals surface area (Å²) in [7, 11) is 1.36. The summed E-state index contributed by atoms with van der Waals surface area (Å²) < 4.78 is 10.1. The highest BCUT2D eigenvalue weighted by Gasteiger charge is 2.15. The third-order valence-corrected chi connectivity index (χ3v) is 3.58. The highest BCUT2D eigenvalue weighted by molar-refractivity contribution is 5.95. The second-order valence-electron chi connectivity index (χ2n) is 5.43. The molecule has 1 atom stereocenters. The van der Waals surface area contributed by atoms with Crippen LogP contribution in [0.25, 0.3) is 0 Å². The predicted molar refractivity (Wildman–Crippen MR) is 102 cm³/mol. The monoisotopic (exact) mass is 378 g/mol. The number of anilines is 1. The number of amides is 1. The number of methoxy groups -OCH3 is 1. The van der Waals surface area contributed by atoms with Crippen LogP contribution in [0.2, 0.25) is 0 Å². The summed E-state index contributed by atoms with van der Waals surface area (Å²) in [5, 5.41) is 2.78. The van der Waals surface area contributed by atoms with Crippen molar-refractivity contribution >= 4 is 30.0 Å². The van der Waals surface area contributed by atoms with Crippen LogP contribution in [-0.2, 0) is 14.3 Å². The van der Waals surface area contributed by atoms with Crippen LogP contribution in [0.4, 0.5) is 5.69 Å². The van der Waals surface area contributed by atoms with E-state index in [1.54, 1.807) is 24.3 Å². The summed E-state index contributed by atoms with van der Waals surface area (Å²) in [5.41, 5.74) is 7.35. The minimum atomic E-state index is -0.726. The molecule has 7 heteroatoms. The molecule has 1 unspecified atom stereocenters. The zero-order valence-corrected chi connectivity index (χ0v) is 15.3. The topological polar surface area (TPSA) is 90.6 Å².